The number of carbonyl (C=O) groups is 3. The van der Waals surface area contributed by atoms with Gasteiger partial charge in [-0.1, -0.05) is 273 Å². The number of rotatable bonds is 56. The van der Waals surface area contributed by atoms with Crippen molar-refractivity contribution in [3.63, 3.8) is 0 Å². The van der Waals surface area contributed by atoms with Gasteiger partial charge in [-0.2, -0.15) is 0 Å². The van der Waals surface area contributed by atoms with Crippen molar-refractivity contribution in [2.45, 2.75) is 316 Å². The van der Waals surface area contributed by atoms with Crippen LogP contribution in [-0.4, -0.2) is 37.2 Å². The first-order valence-electron chi connectivity index (χ1n) is 30.9. The molecule has 6 nitrogen and oxygen atoms in total. The monoisotopic (exact) mass is 1000 g/mol. The fraction of sp³-hybridized carbons (Fsp3) is 0.773. The molecular weight excluding hydrogens is 889 g/mol. The summed E-state index contributed by atoms with van der Waals surface area (Å²) in [4.78, 5) is 38.3. The molecule has 0 spiro atoms. The van der Waals surface area contributed by atoms with Crippen LogP contribution < -0.4 is 0 Å². The maximum atomic E-state index is 12.9. The zero-order chi connectivity index (χ0) is 52.2. The molecule has 0 aromatic heterocycles. The van der Waals surface area contributed by atoms with Crippen molar-refractivity contribution >= 4 is 17.9 Å². The van der Waals surface area contributed by atoms with E-state index in [9.17, 15) is 14.4 Å². The van der Waals surface area contributed by atoms with Crippen LogP contribution in [0, 0.1) is 0 Å². The Morgan fingerprint density at radius 1 is 0.292 bits per heavy atom. The van der Waals surface area contributed by atoms with Crippen molar-refractivity contribution in [3.8, 4) is 0 Å². The lowest BCUT2D eigenvalue weighted by molar-refractivity contribution is -0.167. The summed E-state index contributed by atoms with van der Waals surface area (Å²) in [6.45, 7) is 6.51. The summed E-state index contributed by atoms with van der Waals surface area (Å²) in [5.74, 6) is -0.913. The molecule has 0 bridgehead atoms. The van der Waals surface area contributed by atoms with Gasteiger partial charge >= 0.3 is 17.9 Å². The molecule has 6 heteroatoms. The van der Waals surface area contributed by atoms with Gasteiger partial charge in [-0.25, -0.2) is 0 Å². The van der Waals surface area contributed by atoms with Gasteiger partial charge in [0, 0.05) is 19.3 Å². The number of hydrogen-bond acceptors (Lipinski definition) is 6. The summed E-state index contributed by atoms with van der Waals surface area (Å²) >= 11 is 0. The number of ether oxygens (including phenoxy) is 3. The molecule has 0 aromatic rings. The van der Waals surface area contributed by atoms with E-state index in [4.69, 9.17) is 14.2 Å². The molecule has 0 aromatic carbocycles. The Hall–Kier alpha value is -3.15. The highest BCUT2D eigenvalue weighted by atomic mass is 16.6. The molecule has 0 radical (unpaired) electrons. The van der Waals surface area contributed by atoms with Crippen LogP contribution in [0.2, 0.25) is 0 Å². The highest BCUT2D eigenvalue weighted by molar-refractivity contribution is 5.71. The normalized spacial score (nSPS) is 12.5. The van der Waals surface area contributed by atoms with Gasteiger partial charge in [0.1, 0.15) is 13.2 Å². The molecule has 0 aliphatic heterocycles. The number of hydrogen-bond donors (Lipinski definition) is 0. The summed E-state index contributed by atoms with van der Waals surface area (Å²) in [6, 6.07) is 0. The minimum atomic E-state index is -0.794. The zero-order valence-corrected chi connectivity index (χ0v) is 47.7. The SMILES string of the molecule is CC/C=C\C/C=C\C/C=C\C/C=C\CCCCCCC(=O)OC(COC(=O)CCCCCCC/C=C\C/C=C\CCCCC)COC(=O)CCCCCCCCCCCCCCCCCCCCCCCC. The van der Waals surface area contributed by atoms with Crippen molar-refractivity contribution in [1.82, 2.24) is 0 Å². The van der Waals surface area contributed by atoms with E-state index in [1.54, 1.807) is 0 Å². The highest BCUT2D eigenvalue weighted by Crippen LogP contribution is 2.17. The minimum Gasteiger partial charge on any atom is -0.462 e. The lowest BCUT2D eigenvalue weighted by Crippen LogP contribution is -2.30. The van der Waals surface area contributed by atoms with Crippen LogP contribution in [0.5, 0.6) is 0 Å². The molecule has 0 heterocycles. The van der Waals surface area contributed by atoms with Gasteiger partial charge in [-0.15, -0.1) is 0 Å². The number of allylic oxidation sites excluding steroid dienone is 12. The van der Waals surface area contributed by atoms with E-state index in [1.165, 1.54) is 154 Å². The third kappa shape index (κ3) is 57.7. The minimum absolute atomic E-state index is 0.0876. The van der Waals surface area contributed by atoms with E-state index in [0.717, 1.165) is 116 Å². The second-order valence-corrected chi connectivity index (χ2v) is 20.6. The van der Waals surface area contributed by atoms with Crippen molar-refractivity contribution in [3.05, 3.63) is 72.9 Å². The quantitative estimate of drug-likeness (QED) is 0.0261. The third-order valence-corrected chi connectivity index (χ3v) is 13.4. The number of carbonyl (C=O) groups excluding carboxylic acids is 3. The predicted molar refractivity (Wildman–Crippen MR) is 311 cm³/mol. The van der Waals surface area contributed by atoms with Gasteiger partial charge in [0.05, 0.1) is 0 Å². The molecule has 1 unspecified atom stereocenters. The van der Waals surface area contributed by atoms with E-state index in [2.05, 4.69) is 93.7 Å². The van der Waals surface area contributed by atoms with Gasteiger partial charge in [0.15, 0.2) is 6.10 Å². The molecule has 0 N–H and O–H groups in total. The van der Waals surface area contributed by atoms with E-state index in [-0.39, 0.29) is 31.1 Å². The molecule has 0 saturated carbocycles. The molecular formula is C66H116O6. The first-order chi connectivity index (χ1) is 35.5. The first kappa shape index (κ1) is 68.8. The van der Waals surface area contributed by atoms with Gasteiger partial charge in [0.2, 0.25) is 0 Å². The summed E-state index contributed by atoms with van der Waals surface area (Å²) in [6.07, 6.45) is 77.6. The maximum Gasteiger partial charge on any atom is 0.306 e. The highest BCUT2D eigenvalue weighted by Gasteiger charge is 2.19. The fourth-order valence-electron chi connectivity index (χ4n) is 8.82. The largest absolute Gasteiger partial charge is 0.462 e. The Morgan fingerprint density at radius 2 is 0.542 bits per heavy atom. The zero-order valence-electron chi connectivity index (χ0n) is 47.7. The molecule has 416 valence electrons. The van der Waals surface area contributed by atoms with E-state index in [1.807, 2.05) is 0 Å². The van der Waals surface area contributed by atoms with Crippen molar-refractivity contribution in [2.75, 3.05) is 13.2 Å². The molecule has 0 fully saturated rings. The Kier molecular flexibility index (Phi) is 57.8. The lowest BCUT2D eigenvalue weighted by Gasteiger charge is -2.18. The van der Waals surface area contributed by atoms with Crippen molar-refractivity contribution in [2.24, 2.45) is 0 Å². The van der Waals surface area contributed by atoms with Crippen LogP contribution in [0.15, 0.2) is 72.9 Å². The molecule has 72 heavy (non-hydrogen) atoms. The first-order valence-corrected chi connectivity index (χ1v) is 30.9. The molecule has 0 aliphatic carbocycles. The molecule has 0 saturated heterocycles. The Labute approximate surface area is 446 Å². The van der Waals surface area contributed by atoms with E-state index < -0.39 is 6.10 Å². The standard InChI is InChI=1S/C66H116O6/c1-4-7-10-13-16-19-22-25-28-30-31-32-33-34-36-38-41-44-47-50-53-56-59-65(68)71-62-63(61-70-64(67)58-55-52-49-46-43-40-37-27-24-21-18-15-12-9-6-3)72-66(69)60-57-54-51-48-45-42-39-35-29-26-23-20-17-14-11-8-5-2/h8,11,17-18,20-21,26-27,29,37,39,42,63H,4-7,9-10,12-16,19,22-25,28,30-36,38,40-41,43-62H2,1-3H3/b11-8-,20-17-,21-18-,29-26-,37-27-,42-39-. The van der Waals surface area contributed by atoms with Gasteiger partial charge in [-0.3, -0.25) is 14.4 Å². The summed E-state index contributed by atoms with van der Waals surface area (Å²) in [7, 11) is 0. The van der Waals surface area contributed by atoms with Crippen LogP contribution in [0.1, 0.15) is 310 Å². The number of unbranched alkanes of at least 4 members (excludes halogenated alkanes) is 33. The van der Waals surface area contributed by atoms with Crippen molar-refractivity contribution in [1.29, 1.82) is 0 Å². The van der Waals surface area contributed by atoms with Crippen LogP contribution in [0.25, 0.3) is 0 Å². The smallest absolute Gasteiger partial charge is 0.306 e. The average molecular weight is 1010 g/mol. The second kappa shape index (κ2) is 60.4. The number of esters is 3. The van der Waals surface area contributed by atoms with Gasteiger partial charge < -0.3 is 14.2 Å². The van der Waals surface area contributed by atoms with Crippen LogP contribution in [0.4, 0.5) is 0 Å². The maximum absolute atomic E-state index is 12.9. The Morgan fingerprint density at radius 3 is 0.875 bits per heavy atom. The lowest BCUT2D eigenvalue weighted by atomic mass is 10.0. The third-order valence-electron chi connectivity index (χ3n) is 13.4. The van der Waals surface area contributed by atoms with Gasteiger partial charge in [0.25, 0.3) is 0 Å². The van der Waals surface area contributed by atoms with Crippen LogP contribution in [-0.2, 0) is 28.6 Å². The summed E-state index contributed by atoms with van der Waals surface area (Å²) in [5.41, 5.74) is 0. The van der Waals surface area contributed by atoms with Crippen molar-refractivity contribution < 1.29 is 28.6 Å². The van der Waals surface area contributed by atoms with E-state index >= 15 is 0 Å². The summed E-state index contributed by atoms with van der Waals surface area (Å²) < 4.78 is 16.9. The Bertz CT molecular complexity index is 1340. The van der Waals surface area contributed by atoms with Crippen LogP contribution >= 0.6 is 0 Å². The molecule has 0 amide bonds. The Balaban J connectivity index is 4.36. The average Bonchev–Trinajstić information content (AvgIpc) is 3.38. The van der Waals surface area contributed by atoms with Crippen LogP contribution in [0.3, 0.4) is 0 Å². The topological polar surface area (TPSA) is 78.9 Å². The molecule has 0 aliphatic rings. The molecule has 0 rings (SSSR count). The summed E-state index contributed by atoms with van der Waals surface area (Å²) in [5, 5.41) is 0. The second-order valence-electron chi connectivity index (χ2n) is 20.6. The fourth-order valence-corrected chi connectivity index (χ4v) is 8.82. The predicted octanol–water partition coefficient (Wildman–Crippen LogP) is 20.9. The molecule has 1 atom stereocenters. The van der Waals surface area contributed by atoms with E-state index in [0.29, 0.717) is 19.3 Å². The van der Waals surface area contributed by atoms with Gasteiger partial charge in [-0.05, 0) is 89.9 Å².